The monoisotopic (exact) mass is 277 g/mol. The average Bonchev–Trinajstić information content (AvgIpc) is 2.26. The molecule has 0 aromatic heterocycles. The summed E-state index contributed by atoms with van der Waals surface area (Å²) >= 11 is 0. The summed E-state index contributed by atoms with van der Waals surface area (Å²) in [4.78, 5) is 13.4. The second-order valence-electron chi connectivity index (χ2n) is 6.62. The number of nitrogens with zero attached hydrogens (tertiary/aromatic N) is 1. The summed E-state index contributed by atoms with van der Waals surface area (Å²) in [6.45, 7) is 10.1. The van der Waals surface area contributed by atoms with Crippen LogP contribution in [0.15, 0.2) is 18.2 Å². The van der Waals surface area contributed by atoms with E-state index in [-0.39, 0.29) is 19.2 Å². The Balaban J connectivity index is 2.08. The average molecular weight is 277 g/mol. The molecule has 1 aromatic carbocycles. The largest absolute Gasteiger partial charge is 0.444 e. The fourth-order valence-electron chi connectivity index (χ4n) is 2.47. The highest BCUT2D eigenvalue weighted by Crippen LogP contribution is 2.35. The number of β-amino-alcohol motifs (C(OH)–C–C–N with tert-alkyl or cyclic N) is 1. The highest BCUT2D eigenvalue weighted by molar-refractivity contribution is 5.70. The van der Waals surface area contributed by atoms with Crippen LogP contribution in [-0.2, 0) is 10.3 Å². The quantitative estimate of drug-likeness (QED) is 0.858. The third kappa shape index (κ3) is 2.80. The van der Waals surface area contributed by atoms with E-state index < -0.39 is 11.2 Å². The van der Waals surface area contributed by atoms with Gasteiger partial charge in [-0.25, -0.2) is 4.79 Å². The first kappa shape index (κ1) is 14.9. The molecule has 1 heterocycles. The standard InChI is InChI=1S/C16H23NO3/c1-11-7-6-8-13(12(11)2)16(19)9-17(10-16)14(18)20-15(3,4)5/h6-8,19H,9-10H2,1-5H3. The topological polar surface area (TPSA) is 49.8 Å². The van der Waals surface area contributed by atoms with Crippen LogP contribution in [0, 0.1) is 13.8 Å². The van der Waals surface area contributed by atoms with Crippen LogP contribution in [0.2, 0.25) is 0 Å². The summed E-state index contributed by atoms with van der Waals surface area (Å²) in [5.74, 6) is 0. The molecule has 1 aliphatic heterocycles. The first-order valence-corrected chi connectivity index (χ1v) is 6.89. The third-order valence-electron chi connectivity index (χ3n) is 3.66. The Morgan fingerprint density at radius 1 is 1.30 bits per heavy atom. The summed E-state index contributed by atoms with van der Waals surface area (Å²) in [5, 5.41) is 10.7. The third-order valence-corrected chi connectivity index (χ3v) is 3.66. The molecule has 0 bridgehead atoms. The van der Waals surface area contributed by atoms with Crippen LogP contribution in [0.5, 0.6) is 0 Å². The summed E-state index contributed by atoms with van der Waals surface area (Å²) in [5.41, 5.74) is 1.67. The molecule has 110 valence electrons. The predicted octanol–water partition coefficient (Wildman–Crippen LogP) is 2.74. The van der Waals surface area contributed by atoms with E-state index in [1.807, 2.05) is 52.8 Å². The minimum Gasteiger partial charge on any atom is -0.444 e. The number of carbonyl (C=O) groups is 1. The summed E-state index contributed by atoms with van der Waals surface area (Å²) in [6, 6.07) is 5.88. The van der Waals surface area contributed by atoms with Crippen molar-refractivity contribution in [3.63, 3.8) is 0 Å². The molecule has 2 rings (SSSR count). The van der Waals surface area contributed by atoms with Crippen molar-refractivity contribution in [3.8, 4) is 0 Å². The van der Waals surface area contributed by atoms with Crippen LogP contribution < -0.4 is 0 Å². The van der Waals surface area contributed by atoms with Crippen molar-refractivity contribution in [2.45, 2.75) is 45.8 Å². The number of aryl methyl sites for hydroxylation is 1. The zero-order valence-corrected chi connectivity index (χ0v) is 12.9. The van der Waals surface area contributed by atoms with E-state index in [4.69, 9.17) is 4.74 Å². The Labute approximate surface area is 120 Å². The van der Waals surface area contributed by atoms with Crippen molar-refractivity contribution >= 4 is 6.09 Å². The minimum absolute atomic E-state index is 0.284. The lowest BCUT2D eigenvalue weighted by Crippen LogP contribution is -2.62. The predicted molar refractivity (Wildman–Crippen MR) is 77.6 cm³/mol. The van der Waals surface area contributed by atoms with Crippen molar-refractivity contribution in [1.29, 1.82) is 0 Å². The Bertz CT molecular complexity index is 525. The van der Waals surface area contributed by atoms with Gasteiger partial charge in [0.15, 0.2) is 0 Å². The van der Waals surface area contributed by atoms with E-state index in [9.17, 15) is 9.90 Å². The number of likely N-dealkylation sites (tertiary alicyclic amines) is 1. The number of amides is 1. The van der Waals surface area contributed by atoms with Gasteiger partial charge in [0.2, 0.25) is 0 Å². The van der Waals surface area contributed by atoms with E-state index in [2.05, 4.69) is 0 Å². The van der Waals surface area contributed by atoms with Gasteiger partial charge in [0.05, 0.1) is 13.1 Å². The number of benzene rings is 1. The summed E-state index contributed by atoms with van der Waals surface area (Å²) in [6.07, 6.45) is -0.368. The normalized spacial score (nSPS) is 17.6. The molecule has 1 fully saturated rings. The fraction of sp³-hybridized carbons (Fsp3) is 0.562. The van der Waals surface area contributed by atoms with Crippen LogP contribution >= 0.6 is 0 Å². The molecule has 1 N–H and O–H groups in total. The number of aliphatic hydroxyl groups is 1. The van der Waals surface area contributed by atoms with Crippen molar-refractivity contribution in [2.75, 3.05) is 13.1 Å². The van der Waals surface area contributed by atoms with Crippen LogP contribution in [0.4, 0.5) is 4.79 Å². The first-order chi connectivity index (χ1) is 9.12. The van der Waals surface area contributed by atoms with Crippen LogP contribution in [-0.4, -0.2) is 34.8 Å². The van der Waals surface area contributed by atoms with Crippen molar-refractivity contribution in [1.82, 2.24) is 4.90 Å². The molecule has 1 aliphatic rings. The number of hydrogen-bond acceptors (Lipinski definition) is 3. The van der Waals surface area contributed by atoms with Gasteiger partial charge in [-0.3, -0.25) is 0 Å². The molecule has 20 heavy (non-hydrogen) atoms. The molecule has 4 heteroatoms. The Morgan fingerprint density at radius 3 is 2.45 bits per heavy atom. The molecule has 0 unspecified atom stereocenters. The Kier molecular flexibility index (Phi) is 3.54. The SMILES string of the molecule is Cc1cccc(C2(O)CN(C(=O)OC(C)(C)C)C2)c1C. The molecular formula is C16H23NO3. The van der Waals surface area contributed by atoms with E-state index in [1.165, 1.54) is 4.90 Å². The van der Waals surface area contributed by atoms with Gasteiger partial charge in [0, 0.05) is 0 Å². The fourth-order valence-corrected chi connectivity index (χ4v) is 2.47. The van der Waals surface area contributed by atoms with Crippen LogP contribution in [0.1, 0.15) is 37.5 Å². The number of carbonyl (C=O) groups excluding carboxylic acids is 1. The first-order valence-electron chi connectivity index (χ1n) is 6.89. The maximum atomic E-state index is 11.9. The van der Waals surface area contributed by atoms with E-state index in [0.29, 0.717) is 0 Å². The van der Waals surface area contributed by atoms with Gasteiger partial charge in [-0.05, 0) is 51.3 Å². The molecule has 0 aliphatic carbocycles. The van der Waals surface area contributed by atoms with Gasteiger partial charge in [-0.1, -0.05) is 18.2 Å². The van der Waals surface area contributed by atoms with Crippen molar-refractivity contribution in [3.05, 3.63) is 34.9 Å². The molecule has 1 aromatic rings. The molecular weight excluding hydrogens is 254 g/mol. The van der Waals surface area contributed by atoms with E-state index >= 15 is 0 Å². The highest BCUT2D eigenvalue weighted by atomic mass is 16.6. The minimum atomic E-state index is -0.951. The van der Waals surface area contributed by atoms with Gasteiger partial charge in [-0.15, -0.1) is 0 Å². The van der Waals surface area contributed by atoms with Crippen molar-refractivity contribution < 1.29 is 14.6 Å². The summed E-state index contributed by atoms with van der Waals surface area (Å²) in [7, 11) is 0. The smallest absolute Gasteiger partial charge is 0.410 e. The summed E-state index contributed by atoms with van der Waals surface area (Å²) < 4.78 is 5.30. The van der Waals surface area contributed by atoms with Gasteiger partial charge in [-0.2, -0.15) is 0 Å². The number of rotatable bonds is 1. The number of hydrogen-bond donors (Lipinski definition) is 1. The molecule has 0 atom stereocenters. The van der Waals surface area contributed by atoms with Gasteiger partial charge >= 0.3 is 6.09 Å². The van der Waals surface area contributed by atoms with Crippen molar-refractivity contribution in [2.24, 2.45) is 0 Å². The Morgan fingerprint density at radius 2 is 1.90 bits per heavy atom. The zero-order chi connectivity index (χ0) is 15.1. The molecule has 1 saturated heterocycles. The molecule has 4 nitrogen and oxygen atoms in total. The molecule has 0 spiro atoms. The highest BCUT2D eigenvalue weighted by Gasteiger charge is 2.47. The zero-order valence-electron chi connectivity index (χ0n) is 12.9. The Hall–Kier alpha value is -1.55. The lowest BCUT2D eigenvalue weighted by Gasteiger charge is -2.47. The molecule has 1 amide bonds. The molecule has 0 saturated carbocycles. The van der Waals surface area contributed by atoms with E-state index in [1.54, 1.807) is 0 Å². The second kappa shape index (κ2) is 4.77. The molecule has 0 radical (unpaired) electrons. The maximum absolute atomic E-state index is 11.9. The van der Waals surface area contributed by atoms with Gasteiger partial charge in [0.25, 0.3) is 0 Å². The second-order valence-corrected chi connectivity index (χ2v) is 6.62. The van der Waals surface area contributed by atoms with Gasteiger partial charge in [0.1, 0.15) is 11.2 Å². The lowest BCUT2D eigenvalue weighted by atomic mass is 9.82. The van der Waals surface area contributed by atoms with Crippen LogP contribution in [0.25, 0.3) is 0 Å². The van der Waals surface area contributed by atoms with Gasteiger partial charge < -0.3 is 14.7 Å². The van der Waals surface area contributed by atoms with Crippen LogP contribution in [0.3, 0.4) is 0 Å². The van der Waals surface area contributed by atoms with E-state index in [0.717, 1.165) is 16.7 Å². The number of ether oxygens (including phenoxy) is 1. The maximum Gasteiger partial charge on any atom is 0.410 e. The lowest BCUT2D eigenvalue weighted by molar-refractivity contribution is -0.104.